The molecule has 0 bridgehead atoms. The number of hydrogen-bond donors (Lipinski definition) is 1. The predicted molar refractivity (Wildman–Crippen MR) is 91.9 cm³/mol. The zero-order valence-corrected chi connectivity index (χ0v) is 12.9. The molecule has 0 heterocycles. The van der Waals surface area contributed by atoms with Crippen molar-refractivity contribution in [1.29, 1.82) is 0 Å². The van der Waals surface area contributed by atoms with E-state index in [0.29, 0.717) is 6.04 Å². The molecule has 3 aromatic carbocycles. The van der Waals surface area contributed by atoms with E-state index in [2.05, 4.69) is 86.8 Å². The van der Waals surface area contributed by atoms with Gasteiger partial charge in [-0.15, -0.1) is 0 Å². The fraction of sp³-hybridized carbons (Fsp3) is 0.200. The monoisotopic (exact) mass is 275 g/mol. The highest BCUT2D eigenvalue weighted by molar-refractivity contribution is 5.85. The van der Waals surface area contributed by atoms with E-state index in [1.54, 1.807) is 0 Å². The number of rotatable bonds is 3. The van der Waals surface area contributed by atoms with Crippen LogP contribution in [0.3, 0.4) is 0 Å². The van der Waals surface area contributed by atoms with Gasteiger partial charge in [0.1, 0.15) is 0 Å². The molecule has 0 fully saturated rings. The maximum atomic E-state index is 3.61. The summed E-state index contributed by atoms with van der Waals surface area (Å²) < 4.78 is 0. The molecule has 1 atom stereocenters. The standard InChI is InChI=1S/C20H21N/c1-14-8-11-20(15(2)12-14)16(3)21-19-10-9-17-6-4-5-7-18(17)13-19/h4-13,16,21H,1-3H3. The van der Waals surface area contributed by atoms with Gasteiger partial charge in [-0.2, -0.15) is 0 Å². The third-order valence-corrected chi connectivity index (χ3v) is 4.02. The lowest BCUT2D eigenvalue weighted by Gasteiger charge is -2.18. The van der Waals surface area contributed by atoms with E-state index in [-0.39, 0.29) is 0 Å². The SMILES string of the molecule is Cc1ccc(C(C)Nc2ccc3ccccc3c2)c(C)c1. The molecule has 0 radical (unpaired) electrons. The van der Waals surface area contributed by atoms with Crippen molar-refractivity contribution in [3.63, 3.8) is 0 Å². The van der Waals surface area contributed by atoms with E-state index in [4.69, 9.17) is 0 Å². The van der Waals surface area contributed by atoms with Crippen molar-refractivity contribution in [2.24, 2.45) is 0 Å². The van der Waals surface area contributed by atoms with Crippen molar-refractivity contribution in [3.05, 3.63) is 77.4 Å². The van der Waals surface area contributed by atoms with Crippen LogP contribution in [0.4, 0.5) is 5.69 Å². The summed E-state index contributed by atoms with van der Waals surface area (Å²) in [5, 5.41) is 6.16. The molecule has 106 valence electrons. The van der Waals surface area contributed by atoms with Crippen LogP contribution in [-0.4, -0.2) is 0 Å². The van der Waals surface area contributed by atoms with Crippen LogP contribution >= 0.6 is 0 Å². The van der Waals surface area contributed by atoms with Gasteiger partial charge in [-0.3, -0.25) is 0 Å². The summed E-state index contributed by atoms with van der Waals surface area (Å²) in [4.78, 5) is 0. The van der Waals surface area contributed by atoms with Gasteiger partial charge >= 0.3 is 0 Å². The Morgan fingerprint density at radius 2 is 1.57 bits per heavy atom. The summed E-state index contributed by atoms with van der Waals surface area (Å²) >= 11 is 0. The van der Waals surface area contributed by atoms with Crippen molar-refractivity contribution in [1.82, 2.24) is 0 Å². The molecule has 3 aromatic rings. The minimum atomic E-state index is 0.298. The van der Waals surface area contributed by atoms with Gasteiger partial charge in [0.15, 0.2) is 0 Å². The number of nitrogens with one attached hydrogen (secondary N) is 1. The Balaban J connectivity index is 1.87. The first-order chi connectivity index (χ1) is 10.1. The highest BCUT2D eigenvalue weighted by atomic mass is 14.9. The fourth-order valence-electron chi connectivity index (χ4n) is 2.92. The van der Waals surface area contributed by atoms with Crippen LogP contribution in [0, 0.1) is 13.8 Å². The second-order valence-electron chi connectivity index (χ2n) is 5.79. The van der Waals surface area contributed by atoms with E-state index in [0.717, 1.165) is 0 Å². The zero-order chi connectivity index (χ0) is 14.8. The maximum Gasteiger partial charge on any atom is 0.0488 e. The Hall–Kier alpha value is -2.28. The van der Waals surface area contributed by atoms with Crippen LogP contribution in [0.2, 0.25) is 0 Å². The molecule has 0 aliphatic carbocycles. The lowest BCUT2D eigenvalue weighted by Crippen LogP contribution is -2.08. The fourth-order valence-corrected chi connectivity index (χ4v) is 2.92. The Labute approximate surface area is 126 Å². The van der Waals surface area contributed by atoms with Crippen molar-refractivity contribution in [2.75, 3.05) is 5.32 Å². The van der Waals surface area contributed by atoms with Gasteiger partial charge in [-0.1, -0.05) is 54.1 Å². The highest BCUT2D eigenvalue weighted by Gasteiger charge is 2.08. The van der Waals surface area contributed by atoms with Crippen molar-refractivity contribution < 1.29 is 0 Å². The lowest BCUT2D eigenvalue weighted by atomic mass is 10.00. The third-order valence-electron chi connectivity index (χ3n) is 4.02. The zero-order valence-electron chi connectivity index (χ0n) is 12.9. The smallest absolute Gasteiger partial charge is 0.0488 e. The number of fused-ring (bicyclic) bond motifs is 1. The number of hydrogen-bond acceptors (Lipinski definition) is 1. The minimum absolute atomic E-state index is 0.298. The average Bonchev–Trinajstić information content (AvgIpc) is 2.47. The molecule has 1 N–H and O–H groups in total. The van der Waals surface area contributed by atoms with Crippen LogP contribution in [0.25, 0.3) is 10.8 Å². The molecule has 21 heavy (non-hydrogen) atoms. The van der Waals surface area contributed by atoms with Gasteiger partial charge in [-0.05, 0) is 54.8 Å². The number of benzene rings is 3. The Kier molecular flexibility index (Phi) is 3.66. The molecule has 0 saturated heterocycles. The maximum absolute atomic E-state index is 3.61. The Morgan fingerprint density at radius 3 is 2.33 bits per heavy atom. The van der Waals surface area contributed by atoms with Crippen LogP contribution in [0.1, 0.15) is 29.7 Å². The first-order valence-electron chi connectivity index (χ1n) is 7.46. The van der Waals surface area contributed by atoms with E-state index >= 15 is 0 Å². The number of anilines is 1. The molecule has 0 saturated carbocycles. The summed E-state index contributed by atoms with van der Waals surface area (Å²) in [5.41, 5.74) is 5.18. The van der Waals surface area contributed by atoms with Gasteiger partial charge in [-0.25, -0.2) is 0 Å². The van der Waals surface area contributed by atoms with Gasteiger partial charge in [0, 0.05) is 11.7 Å². The summed E-state index contributed by atoms with van der Waals surface area (Å²) in [6.45, 7) is 6.53. The van der Waals surface area contributed by atoms with Crippen LogP contribution in [-0.2, 0) is 0 Å². The molecule has 1 unspecified atom stereocenters. The van der Waals surface area contributed by atoms with E-state index in [9.17, 15) is 0 Å². The second kappa shape index (κ2) is 5.61. The predicted octanol–water partition coefficient (Wildman–Crippen LogP) is 5.63. The Morgan fingerprint density at radius 1 is 0.810 bits per heavy atom. The lowest BCUT2D eigenvalue weighted by molar-refractivity contribution is 0.873. The van der Waals surface area contributed by atoms with Gasteiger partial charge in [0.2, 0.25) is 0 Å². The first kappa shape index (κ1) is 13.7. The molecule has 0 aliphatic rings. The van der Waals surface area contributed by atoms with E-state index in [1.165, 1.54) is 33.2 Å². The third kappa shape index (κ3) is 2.92. The number of aryl methyl sites for hydroxylation is 2. The topological polar surface area (TPSA) is 12.0 Å². The van der Waals surface area contributed by atoms with E-state index < -0.39 is 0 Å². The quantitative estimate of drug-likeness (QED) is 0.653. The molecular weight excluding hydrogens is 254 g/mol. The summed E-state index contributed by atoms with van der Waals surface area (Å²) in [5.74, 6) is 0. The molecule has 0 spiro atoms. The van der Waals surface area contributed by atoms with Gasteiger partial charge < -0.3 is 5.32 Å². The Bertz CT molecular complexity index is 774. The van der Waals surface area contributed by atoms with Gasteiger partial charge in [0.25, 0.3) is 0 Å². The summed E-state index contributed by atoms with van der Waals surface area (Å²) in [6, 6.07) is 22.0. The van der Waals surface area contributed by atoms with Crippen molar-refractivity contribution in [2.45, 2.75) is 26.8 Å². The van der Waals surface area contributed by atoms with Crippen molar-refractivity contribution in [3.8, 4) is 0 Å². The molecule has 0 aliphatic heterocycles. The largest absolute Gasteiger partial charge is 0.378 e. The average molecular weight is 275 g/mol. The van der Waals surface area contributed by atoms with Crippen LogP contribution in [0.5, 0.6) is 0 Å². The molecule has 3 rings (SSSR count). The highest BCUT2D eigenvalue weighted by Crippen LogP contribution is 2.25. The van der Waals surface area contributed by atoms with Crippen LogP contribution < -0.4 is 5.32 Å². The first-order valence-corrected chi connectivity index (χ1v) is 7.46. The molecule has 0 aromatic heterocycles. The van der Waals surface area contributed by atoms with E-state index in [1.807, 2.05) is 0 Å². The summed E-state index contributed by atoms with van der Waals surface area (Å²) in [7, 11) is 0. The van der Waals surface area contributed by atoms with Gasteiger partial charge in [0.05, 0.1) is 0 Å². The second-order valence-corrected chi connectivity index (χ2v) is 5.79. The summed E-state index contributed by atoms with van der Waals surface area (Å²) in [6.07, 6.45) is 0. The molecular formula is C20H21N. The van der Waals surface area contributed by atoms with Crippen molar-refractivity contribution >= 4 is 16.5 Å². The molecule has 1 nitrogen and oxygen atoms in total. The minimum Gasteiger partial charge on any atom is -0.378 e. The molecule has 0 amide bonds. The molecule has 1 heteroatoms. The van der Waals surface area contributed by atoms with Crippen LogP contribution in [0.15, 0.2) is 60.7 Å². The normalized spacial score (nSPS) is 12.3.